The van der Waals surface area contributed by atoms with E-state index in [1.807, 2.05) is 48.5 Å². The van der Waals surface area contributed by atoms with E-state index in [1.54, 1.807) is 0 Å². The van der Waals surface area contributed by atoms with E-state index in [1.165, 1.54) is 64.8 Å². The van der Waals surface area contributed by atoms with Crippen molar-refractivity contribution in [3.63, 3.8) is 0 Å². The molecule has 0 radical (unpaired) electrons. The van der Waals surface area contributed by atoms with E-state index in [0.29, 0.717) is 0 Å². The third-order valence-corrected chi connectivity index (χ3v) is 18.6. The Kier molecular flexibility index (Phi) is 16.6. The summed E-state index contributed by atoms with van der Waals surface area (Å²) in [6, 6.07) is 85.9. The monoisotopic (exact) mass is 1140 g/mol. The van der Waals surface area contributed by atoms with Crippen molar-refractivity contribution in [3.8, 4) is 11.8 Å². The fourth-order valence-corrected chi connectivity index (χ4v) is 16.3. The van der Waals surface area contributed by atoms with Gasteiger partial charge in [-0.3, -0.25) is 11.8 Å². The molecule has 0 spiro atoms. The van der Waals surface area contributed by atoms with Gasteiger partial charge in [-0.2, -0.15) is 0 Å². The normalized spacial score (nSPS) is 10.5. The van der Waals surface area contributed by atoms with Crippen LogP contribution in [0.3, 0.4) is 0 Å². The molecule has 0 saturated heterocycles. The fraction of sp³-hybridized carbons (Fsp3) is 0.0164. The van der Waals surface area contributed by atoms with Crippen LogP contribution in [-0.2, 0) is 44.8 Å². The molecule has 11 aromatic carbocycles. The maximum absolute atomic E-state index is 7.56. The van der Waals surface area contributed by atoms with E-state index in [-0.39, 0.29) is 44.8 Å². The van der Waals surface area contributed by atoms with Crippen LogP contribution in [0.1, 0.15) is 11.1 Å². The summed E-state index contributed by atoms with van der Waals surface area (Å²) in [6.07, 6.45) is 14.9. The summed E-state index contributed by atoms with van der Waals surface area (Å²) in [7, 11) is -1.69. The molecule has 0 N–H and O–H groups in total. The van der Waals surface area contributed by atoms with Crippen molar-refractivity contribution in [2.24, 2.45) is 0 Å². The molecule has 0 fully saturated rings. The first-order valence-electron chi connectivity index (χ1n) is 21.2. The minimum Gasteiger partial charge on any atom is -0.366 e. The average molecular weight is 1140 g/mol. The summed E-state index contributed by atoms with van der Waals surface area (Å²) in [6.45, 7) is 0. The summed E-state index contributed by atoms with van der Waals surface area (Å²) in [5.41, 5.74) is 1.71. The van der Waals surface area contributed by atoms with Gasteiger partial charge in [0.2, 0.25) is 0 Å². The minimum absolute atomic E-state index is 0. The van der Waals surface area contributed by atoms with Crippen LogP contribution in [0, 0.1) is 24.7 Å². The molecule has 0 aliphatic carbocycles. The molecule has 0 bridgehead atoms. The van der Waals surface area contributed by atoms with E-state index in [0.717, 1.165) is 27.3 Å². The molecule has 0 unspecified atom stereocenters. The molecule has 4 heteroatoms. The third-order valence-electron chi connectivity index (χ3n) is 11.6. The van der Waals surface area contributed by atoms with E-state index in [2.05, 4.69) is 206 Å². The van der Waals surface area contributed by atoms with Crippen LogP contribution in [-0.4, -0.2) is 5.90 Å². The molecule has 318 valence electrons. The number of hydrogen-bond donors (Lipinski definition) is 0. The Hall–Kier alpha value is -5.82. The van der Waals surface area contributed by atoms with Crippen LogP contribution >= 0.6 is 15.8 Å². The molecule has 0 aliphatic heterocycles. The van der Waals surface area contributed by atoms with Gasteiger partial charge in [0.05, 0.1) is 0 Å². The van der Waals surface area contributed by atoms with Crippen LogP contribution in [0.2, 0.25) is 0 Å². The number of rotatable bonds is 6. The molecule has 0 nitrogen and oxygen atoms in total. The summed E-state index contributed by atoms with van der Waals surface area (Å²) in [5.74, 6) is 6.34. The van der Waals surface area contributed by atoms with Crippen molar-refractivity contribution in [3.05, 3.63) is 267 Å². The SMILES string of the molecule is [Ag+].[Au+].[C-]#Cc1cc2c3ccccc3ccc2c2ccccc12.[C-]#Cc1cc2ccccc2c2ccccc12.c1ccc([PH+](C[PH+](c2ccccc2)c2ccccc2)c2ccccc2)cc1. The van der Waals surface area contributed by atoms with Crippen LogP contribution in [0.25, 0.3) is 53.9 Å². The quantitative estimate of drug-likeness (QED) is 0.0512. The molecule has 65 heavy (non-hydrogen) atoms. The van der Waals surface area contributed by atoms with E-state index >= 15 is 0 Å². The molecule has 11 rings (SSSR count). The molecular weight excluding hydrogens is 1100 g/mol. The van der Waals surface area contributed by atoms with Gasteiger partial charge in [0, 0.05) is 0 Å². The minimum atomic E-state index is -0.847. The first kappa shape index (κ1) is 47.2. The van der Waals surface area contributed by atoms with Gasteiger partial charge in [-0.25, -0.2) is 0 Å². The van der Waals surface area contributed by atoms with Crippen molar-refractivity contribution in [1.82, 2.24) is 0 Å². The zero-order valence-electron chi connectivity index (χ0n) is 35.4. The van der Waals surface area contributed by atoms with Gasteiger partial charge >= 0.3 is 44.8 Å². The molecular formula is C61H44AgAuP2+2. The molecule has 0 amide bonds. The number of fused-ring (bicyclic) bond motifs is 8. The predicted octanol–water partition coefficient (Wildman–Crippen LogP) is 13.7. The fourth-order valence-electron chi connectivity index (χ4n) is 8.60. The second-order valence-electron chi connectivity index (χ2n) is 15.4. The summed E-state index contributed by atoms with van der Waals surface area (Å²) >= 11 is 0. The van der Waals surface area contributed by atoms with Gasteiger partial charge in [-0.1, -0.05) is 193 Å². The Bertz CT molecular complexity index is 3240. The first-order valence-corrected chi connectivity index (χ1v) is 24.6. The zero-order valence-corrected chi connectivity index (χ0v) is 41.1. The van der Waals surface area contributed by atoms with E-state index < -0.39 is 15.8 Å². The second-order valence-corrected chi connectivity index (χ2v) is 21.0. The van der Waals surface area contributed by atoms with Crippen LogP contribution in [0.5, 0.6) is 0 Å². The molecule has 0 aliphatic rings. The standard InChI is InChI=1S/C25H22P2.C20H11.C16H9.Ag.Au/c1-5-13-22(14-6-1)26(23-15-7-2-8-16-23)21-27(24-17-9-3-10-18-24)25-19-11-4-12-20-25;1-2-14-13-20-17-9-4-3-7-15(17)11-12-19(20)18-10-6-5-8-16(14)18;1-2-12-11-13-7-3-4-9-15(13)16-10-6-5-8-14(12)16;;/h1-20H,21H2;3-13H;3-11H;;/q;2*-1;2*+1/p+2. The van der Waals surface area contributed by atoms with Crippen molar-refractivity contribution >= 4 is 90.9 Å². The van der Waals surface area contributed by atoms with Gasteiger partial charge in [-0.15, -0.1) is 23.3 Å². The van der Waals surface area contributed by atoms with Gasteiger partial charge in [0.25, 0.3) is 0 Å². The predicted molar refractivity (Wildman–Crippen MR) is 279 cm³/mol. The topological polar surface area (TPSA) is 0 Å². The molecule has 0 heterocycles. The Labute approximate surface area is 416 Å². The Morgan fingerprint density at radius 3 is 1.03 bits per heavy atom. The average Bonchev–Trinajstić information content (AvgIpc) is 3.37. The number of benzene rings is 11. The molecule has 0 aromatic heterocycles. The van der Waals surface area contributed by atoms with Crippen LogP contribution < -0.4 is 21.2 Å². The number of hydrogen-bond acceptors (Lipinski definition) is 0. The third kappa shape index (κ3) is 10.7. The summed E-state index contributed by atoms with van der Waals surface area (Å²) < 4.78 is 0. The van der Waals surface area contributed by atoms with Gasteiger partial charge in [-0.05, 0) is 91.6 Å². The Morgan fingerprint density at radius 2 is 0.600 bits per heavy atom. The van der Waals surface area contributed by atoms with Crippen LogP contribution in [0.4, 0.5) is 0 Å². The maximum atomic E-state index is 7.56. The Morgan fingerprint density at radius 1 is 0.292 bits per heavy atom. The van der Waals surface area contributed by atoms with Gasteiger partial charge in [0.1, 0.15) is 37.1 Å². The van der Waals surface area contributed by atoms with E-state index in [4.69, 9.17) is 12.8 Å². The van der Waals surface area contributed by atoms with Gasteiger partial charge < -0.3 is 12.8 Å². The molecule has 11 aromatic rings. The molecule has 0 saturated carbocycles. The molecule has 0 atom stereocenters. The summed E-state index contributed by atoms with van der Waals surface area (Å²) in [5, 5.41) is 17.8. The first-order chi connectivity index (χ1) is 31.2. The second kappa shape index (κ2) is 22.9. The van der Waals surface area contributed by atoms with Crippen molar-refractivity contribution in [2.75, 3.05) is 5.90 Å². The summed E-state index contributed by atoms with van der Waals surface area (Å²) in [4.78, 5) is 0. The Balaban J connectivity index is 0.000000148. The van der Waals surface area contributed by atoms with E-state index in [9.17, 15) is 0 Å². The van der Waals surface area contributed by atoms with Crippen molar-refractivity contribution in [2.45, 2.75) is 0 Å². The maximum Gasteiger partial charge on any atom is 1.00 e. The zero-order chi connectivity index (χ0) is 42.8. The van der Waals surface area contributed by atoms with Crippen molar-refractivity contribution < 1.29 is 44.8 Å². The largest absolute Gasteiger partial charge is 1.00 e. The smallest absolute Gasteiger partial charge is 0.366 e. The van der Waals surface area contributed by atoms with Crippen molar-refractivity contribution in [1.29, 1.82) is 0 Å². The van der Waals surface area contributed by atoms with Gasteiger partial charge in [0.15, 0.2) is 5.90 Å². The van der Waals surface area contributed by atoms with Crippen LogP contribution in [0.15, 0.2) is 243 Å².